The van der Waals surface area contributed by atoms with Crippen molar-refractivity contribution in [1.29, 1.82) is 0 Å². The summed E-state index contributed by atoms with van der Waals surface area (Å²) in [5.41, 5.74) is 4.93. The van der Waals surface area contributed by atoms with Gasteiger partial charge in [-0.1, -0.05) is 54.1 Å². The fourth-order valence-corrected chi connectivity index (χ4v) is 6.92. The number of likely N-dealkylation sites (tertiary alicyclic amines) is 1. The van der Waals surface area contributed by atoms with E-state index in [0.29, 0.717) is 30.1 Å². The zero-order chi connectivity index (χ0) is 30.6. The fourth-order valence-electron chi connectivity index (χ4n) is 6.80. The number of carbonyl (C=O) groups is 1. The van der Waals surface area contributed by atoms with Gasteiger partial charge < -0.3 is 15.0 Å². The molecule has 0 aliphatic carbocycles. The third kappa shape index (κ3) is 6.39. The number of benzene rings is 2. The molecule has 0 amide bonds. The van der Waals surface area contributed by atoms with Crippen LogP contribution in [0.4, 0.5) is 17.3 Å². The minimum absolute atomic E-state index is 0.258. The Bertz CT molecular complexity index is 1720. The van der Waals surface area contributed by atoms with Gasteiger partial charge in [-0.25, -0.2) is 4.52 Å². The number of anilines is 3. The molecule has 232 valence electrons. The predicted molar refractivity (Wildman–Crippen MR) is 175 cm³/mol. The lowest BCUT2D eigenvalue weighted by atomic mass is 9.73. The molecule has 3 aromatic heterocycles. The number of fused-ring (bicyclic) bond motifs is 1. The standard InChI is InChI=1S/C34H37ClN8O2/c35-28-10-8-27(9-11-28)34(24-45-25-44)14-19-41(20-15-34)31-7-4-16-42-32(31)38-33(39-42)37-29-21-36-43(23-29)30-12-17-40(18-13-30)22-26-5-2-1-3-6-26/h1-11,16,21,23,25,30H,12-15,17-20,22,24H2,(H,37,39). The minimum atomic E-state index is -0.258. The molecule has 10 nitrogen and oxygen atoms in total. The van der Waals surface area contributed by atoms with Gasteiger partial charge in [0.1, 0.15) is 6.61 Å². The Hall–Kier alpha value is -4.41. The highest BCUT2D eigenvalue weighted by molar-refractivity contribution is 6.30. The number of aromatic nitrogens is 5. The van der Waals surface area contributed by atoms with Crippen LogP contribution in [0.2, 0.25) is 5.02 Å². The van der Waals surface area contributed by atoms with Crippen molar-refractivity contribution >= 4 is 41.0 Å². The molecule has 2 saturated heterocycles. The molecule has 0 unspecified atom stereocenters. The van der Waals surface area contributed by atoms with Crippen LogP contribution in [0.15, 0.2) is 85.3 Å². The van der Waals surface area contributed by atoms with Crippen LogP contribution in [0.1, 0.15) is 42.9 Å². The quantitative estimate of drug-likeness (QED) is 0.193. The summed E-state index contributed by atoms with van der Waals surface area (Å²) < 4.78 is 9.23. The third-order valence-electron chi connectivity index (χ3n) is 9.33. The monoisotopic (exact) mass is 624 g/mol. The van der Waals surface area contributed by atoms with Gasteiger partial charge in [0.15, 0.2) is 5.65 Å². The summed E-state index contributed by atoms with van der Waals surface area (Å²) in [7, 11) is 0. The van der Waals surface area contributed by atoms with Gasteiger partial charge in [0, 0.05) is 55.6 Å². The molecule has 11 heteroatoms. The summed E-state index contributed by atoms with van der Waals surface area (Å²) in [5, 5.41) is 13.5. The molecule has 5 heterocycles. The Morgan fingerprint density at radius 1 is 0.978 bits per heavy atom. The van der Waals surface area contributed by atoms with Crippen LogP contribution in [0.25, 0.3) is 5.65 Å². The minimum Gasteiger partial charge on any atom is -0.467 e. The summed E-state index contributed by atoms with van der Waals surface area (Å²) in [6.45, 7) is 5.57. The summed E-state index contributed by atoms with van der Waals surface area (Å²) >= 11 is 6.15. The second kappa shape index (κ2) is 12.9. The lowest BCUT2D eigenvalue weighted by Crippen LogP contribution is -2.45. The number of halogens is 1. The fraction of sp³-hybridized carbons (Fsp3) is 0.353. The maximum Gasteiger partial charge on any atom is 0.293 e. The number of ether oxygens (including phenoxy) is 1. The van der Waals surface area contributed by atoms with Gasteiger partial charge in [-0.3, -0.25) is 14.4 Å². The number of piperidine rings is 2. The third-order valence-corrected chi connectivity index (χ3v) is 9.58. The van der Waals surface area contributed by atoms with Crippen LogP contribution in [0.3, 0.4) is 0 Å². The molecule has 0 saturated carbocycles. The van der Waals surface area contributed by atoms with Crippen molar-refractivity contribution in [2.45, 2.75) is 43.7 Å². The molecule has 0 spiro atoms. The Balaban J connectivity index is 1.00. The van der Waals surface area contributed by atoms with Crippen molar-refractivity contribution in [3.63, 3.8) is 0 Å². The smallest absolute Gasteiger partial charge is 0.293 e. The van der Waals surface area contributed by atoms with E-state index >= 15 is 0 Å². The van der Waals surface area contributed by atoms with Crippen molar-refractivity contribution < 1.29 is 9.53 Å². The number of nitrogens with zero attached hydrogens (tertiary/aromatic N) is 7. The summed E-state index contributed by atoms with van der Waals surface area (Å²) in [5.74, 6) is 0.534. The first-order valence-corrected chi connectivity index (χ1v) is 16.0. The first-order valence-electron chi connectivity index (χ1n) is 15.6. The number of hydrogen-bond acceptors (Lipinski definition) is 8. The molecule has 0 radical (unpaired) electrons. The van der Waals surface area contributed by atoms with E-state index in [9.17, 15) is 4.79 Å². The van der Waals surface area contributed by atoms with E-state index in [-0.39, 0.29) is 5.41 Å². The number of carbonyl (C=O) groups excluding carboxylic acids is 1. The molecule has 0 atom stereocenters. The summed E-state index contributed by atoms with van der Waals surface area (Å²) in [6, 6.07) is 23.0. The van der Waals surface area contributed by atoms with Gasteiger partial charge in [-0.2, -0.15) is 10.1 Å². The molecule has 2 aromatic carbocycles. The van der Waals surface area contributed by atoms with E-state index in [1.165, 1.54) is 5.56 Å². The molecule has 0 bridgehead atoms. The van der Waals surface area contributed by atoms with Crippen molar-refractivity contribution in [2.24, 2.45) is 0 Å². The second-order valence-electron chi connectivity index (χ2n) is 12.1. The van der Waals surface area contributed by atoms with Gasteiger partial charge in [-0.15, -0.1) is 5.10 Å². The zero-order valence-electron chi connectivity index (χ0n) is 25.1. The van der Waals surface area contributed by atoms with Gasteiger partial charge >= 0.3 is 0 Å². The van der Waals surface area contributed by atoms with E-state index in [1.807, 2.05) is 47.2 Å². The number of nitrogens with one attached hydrogen (secondary N) is 1. The lowest BCUT2D eigenvalue weighted by Gasteiger charge is -2.42. The molecule has 5 aromatic rings. The van der Waals surface area contributed by atoms with Crippen LogP contribution in [-0.4, -0.2) is 68.5 Å². The first-order chi connectivity index (χ1) is 22.1. The van der Waals surface area contributed by atoms with Crippen LogP contribution in [0, 0.1) is 0 Å². The highest BCUT2D eigenvalue weighted by atomic mass is 35.5. The van der Waals surface area contributed by atoms with Gasteiger partial charge in [0.05, 0.1) is 23.6 Å². The van der Waals surface area contributed by atoms with Crippen LogP contribution < -0.4 is 10.2 Å². The maximum atomic E-state index is 11.1. The van der Waals surface area contributed by atoms with Crippen molar-refractivity contribution in [3.8, 4) is 0 Å². The van der Waals surface area contributed by atoms with E-state index < -0.39 is 0 Å². The van der Waals surface area contributed by atoms with Crippen molar-refractivity contribution in [3.05, 3.63) is 101 Å². The molecule has 2 fully saturated rings. The predicted octanol–water partition coefficient (Wildman–Crippen LogP) is 5.87. The summed E-state index contributed by atoms with van der Waals surface area (Å²) in [4.78, 5) is 20.8. The Morgan fingerprint density at radius 2 is 1.76 bits per heavy atom. The molecular weight excluding hydrogens is 588 g/mol. The average molecular weight is 625 g/mol. The topological polar surface area (TPSA) is 92.8 Å². The largest absolute Gasteiger partial charge is 0.467 e. The number of rotatable bonds is 10. The van der Waals surface area contributed by atoms with Gasteiger partial charge in [0.25, 0.3) is 6.47 Å². The Kier molecular flexibility index (Phi) is 8.41. The van der Waals surface area contributed by atoms with Crippen molar-refractivity contribution in [2.75, 3.05) is 43.0 Å². The van der Waals surface area contributed by atoms with E-state index in [4.69, 9.17) is 26.4 Å². The maximum absolute atomic E-state index is 11.1. The van der Waals surface area contributed by atoms with E-state index in [0.717, 1.165) is 81.0 Å². The zero-order valence-corrected chi connectivity index (χ0v) is 25.9. The summed E-state index contributed by atoms with van der Waals surface area (Å²) in [6.07, 6.45) is 9.63. The number of pyridine rings is 1. The normalized spacial score (nSPS) is 17.4. The van der Waals surface area contributed by atoms with E-state index in [1.54, 1.807) is 0 Å². The second-order valence-corrected chi connectivity index (χ2v) is 12.5. The van der Waals surface area contributed by atoms with Gasteiger partial charge in [-0.05, 0) is 61.1 Å². The van der Waals surface area contributed by atoms with Gasteiger partial charge in [0.2, 0.25) is 5.95 Å². The average Bonchev–Trinajstić information content (AvgIpc) is 3.72. The van der Waals surface area contributed by atoms with Crippen LogP contribution in [0.5, 0.6) is 0 Å². The molecule has 45 heavy (non-hydrogen) atoms. The highest BCUT2D eigenvalue weighted by Crippen LogP contribution is 2.38. The molecular formula is C34H37ClN8O2. The number of hydrogen-bond donors (Lipinski definition) is 1. The van der Waals surface area contributed by atoms with Crippen molar-refractivity contribution in [1.82, 2.24) is 29.3 Å². The SMILES string of the molecule is O=COCC1(c2ccc(Cl)cc2)CCN(c2cccn3nc(Nc4cnn(C5CCN(Cc6ccccc6)CC5)c4)nc23)CC1. The molecule has 2 aliphatic heterocycles. The highest BCUT2D eigenvalue weighted by Gasteiger charge is 2.38. The first kappa shape index (κ1) is 29.3. The lowest BCUT2D eigenvalue weighted by molar-refractivity contribution is -0.130. The molecule has 2 aliphatic rings. The Labute approximate surface area is 267 Å². The Morgan fingerprint density at radius 3 is 2.51 bits per heavy atom. The molecule has 1 N–H and O–H groups in total. The van der Waals surface area contributed by atoms with Crippen LogP contribution in [-0.2, 0) is 21.5 Å². The molecule has 7 rings (SSSR count). The van der Waals surface area contributed by atoms with E-state index in [2.05, 4.69) is 67.5 Å². The van der Waals surface area contributed by atoms with Crippen LogP contribution >= 0.6 is 11.6 Å².